The third-order valence-corrected chi connectivity index (χ3v) is 1.17. The molecule has 0 amide bonds. The molecule has 0 heterocycles. The summed E-state index contributed by atoms with van der Waals surface area (Å²) in [5.41, 5.74) is 0. The molecule has 0 aliphatic carbocycles. The summed E-state index contributed by atoms with van der Waals surface area (Å²) in [7, 11) is 0. The number of carboxylic acids is 1. The van der Waals surface area contributed by atoms with Crippen LogP contribution < -0.4 is 0 Å². The van der Waals surface area contributed by atoms with E-state index in [0.717, 1.165) is 6.08 Å². The zero-order valence-corrected chi connectivity index (χ0v) is 8.55. The number of carbonyl (C=O) groups excluding carboxylic acids is 2. The molecule has 0 radical (unpaired) electrons. The highest BCUT2D eigenvalue weighted by Crippen LogP contribution is 1.96. The van der Waals surface area contributed by atoms with Crippen molar-refractivity contribution < 1.29 is 19.5 Å². The number of aliphatic carboxylic acids is 1. The first-order valence-electron chi connectivity index (χ1n) is 3.19. The van der Waals surface area contributed by atoms with Gasteiger partial charge in [-0.25, -0.2) is 4.79 Å². The van der Waals surface area contributed by atoms with Crippen LogP contribution >= 0.6 is 25.3 Å². The largest absolute Gasteiger partial charge is 0.478 e. The SMILES string of the molecule is C=CC(=O)O.O=C(S)CCC(=O)S. The van der Waals surface area contributed by atoms with Crippen molar-refractivity contribution in [1.82, 2.24) is 0 Å². The molecule has 0 aliphatic rings. The molecule has 0 aromatic carbocycles. The van der Waals surface area contributed by atoms with Crippen LogP contribution in [-0.2, 0) is 14.4 Å². The van der Waals surface area contributed by atoms with Gasteiger partial charge in [0.2, 0.25) is 0 Å². The molecule has 0 saturated carbocycles. The van der Waals surface area contributed by atoms with Crippen LogP contribution in [0.4, 0.5) is 0 Å². The van der Waals surface area contributed by atoms with Gasteiger partial charge in [0.25, 0.3) is 0 Å². The Kier molecular flexibility index (Phi) is 10.6. The van der Waals surface area contributed by atoms with Gasteiger partial charge >= 0.3 is 5.97 Å². The highest BCUT2D eigenvalue weighted by molar-refractivity contribution is 7.97. The lowest BCUT2D eigenvalue weighted by Crippen LogP contribution is -1.91. The third kappa shape index (κ3) is 24.6. The van der Waals surface area contributed by atoms with Gasteiger partial charge in [0, 0.05) is 18.9 Å². The minimum atomic E-state index is -0.981. The van der Waals surface area contributed by atoms with Gasteiger partial charge in [-0.2, -0.15) is 0 Å². The zero-order valence-electron chi connectivity index (χ0n) is 6.77. The second-order valence-corrected chi connectivity index (χ2v) is 2.83. The molecule has 0 atom stereocenters. The predicted molar refractivity (Wildman–Crippen MR) is 55.1 cm³/mol. The van der Waals surface area contributed by atoms with Crippen LogP contribution in [-0.4, -0.2) is 21.3 Å². The minimum Gasteiger partial charge on any atom is -0.478 e. The summed E-state index contributed by atoms with van der Waals surface area (Å²) in [6.45, 7) is 2.96. The minimum absolute atomic E-state index is 0.186. The van der Waals surface area contributed by atoms with Crippen LogP contribution in [0.5, 0.6) is 0 Å². The van der Waals surface area contributed by atoms with Crippen LogP contribution in [0, 0.1) is 0 Å². The van der Waals surface area contributed by atoms with E-state index in [-0.39, 0.29) is 23.1 Å². The van der Waals surface area contributed by atoms with E-state index in [9.17, 15) is 14.4 Å². The van der Waals surface area contributed by atoms with Gasteiger partial charge in [-0.15, -0.1) is 25.3 Å². The van der Waals surface area contributed by atoms with Crippen molar-refractivity contribution in [3.63, 3.8) is 0 Å². The number of hydrogen-bond acceptors (Lipinski definition) is 3. The summed E-state index contributed by atoms with van der Waals surface area (Å²) in [5, 5.41) is 7.06. The molecule has 0 saturated heterocycles. The van der Waals surface area contributed by atoms with Crippen molar-refractivity contribution in [3.05, 3.63) is 12.7 Å². The molecule has 0 fully saturated rings. The number of carbonyl (C=O) groups is 3. The van der Waals surface area contributed by atoms with Crippen LogP contribution in [0.2, 0.25) is 0 Å². The van der Waals surface area contributed by atoms with E-state index in [2.05, 4.69) is 31.8 Å². The summed E-state index contributed by atoms with van der Waals surface area (Å²) in [5.74, 6) is -0.981. The van der Waals surface area contributed by atoms with Crippen LogP contribution in [0.1, 0.15) is 12.8 Å². The van der Waals surface area contributed by atoms with E-state index in [1.165, 1.54) is 0 Å². The molecule has 0 bridgehead atoms. The first-order chi connectivity index (χ1) is 5.90. The fourth-order valence-electron chi connectivity index (χ4n) is 0.214. The molecule has 0 aromatic rings. The summed E-state index contributed by atoms with van der Waals surface area (Å²) in [6.07, 6.45) is 1.21. The molecule has 6 heteroatoms. The van der Waals surface area contributed by atoms with Gasteiger partial charge in [-0.05, 0) is 0 Å². The first-order valence-corrected chi connectivity index (χ1v) is 4.08. The van der Waals surface area contributed by atoms with Crippen molar-refractivity contribution in [2.24, 2.45) is 0 Å². The van der Waals surface area contributed by atoms with Gasteiger partial charge in [0.05, 0.1) is 0 Å². The van der Waals surface area contributed by atoms with Gasteiger partial charge in [0.1, 0.15) is 0 Å². The van der Waals surface area contributed by atoms with E-state index in [4.69, 9.17) is 5.11 Å². The molecule has 0 spiro atoms. The summed E-state index contributed by atoms with van der Waals surface area (Å²) >= 11 is 6.90. The van der Waals surface area contributed by atoms with Crippen LogP contribution in [0.15, 0.2) is 12.7 Å². The molecule has 1 N–H and O–H groups in total. The van der Waals surface area contributed by atoms with E-state index < -0.39 is 5.97 Å². The maximum absolute atomic E-state index is 10.0. The lowest BCUT2D eigenvalue weighted by Gasteiger charge is -1.85. The standard InChI is InChI=1S/C4H6O2S2.C3H4O2/c5-3(7)1-2-4(6)8;1-2-3(4)5/h1-2H2,(H,5,7)(H,6,8);2H,1H2,(H,4,5). The summed E-state index contributed by atoms with van der Waals surface area (Å²) in [4.78, 5) is 29.3. The fourth-order valence-corrected chi connectivity index (χ4v) is 0.437. The zero-order chi connectivity index (χ0) is 10.9. The number of hydrogen-bond donors (Lipinski definition) is 3. The Morgan fingerprint density at radius 3 is 1.46 bits per heavy atom. The van der Waals surface area contributed by atoms with Crippen LogP contribution in [0.25, 0.3) is 0 Å². The van der Waals surface area contributed by atoms with E-state index in [1.54, 1.807) is 0 Å². The lowest BCUT2D eigenvalue weighted by atomic mass is 10.4. The second-order valence-electron chi connectivity index (χ2n) is 1.83. The topological polar surface area (TPSA) is 71.4 Å². The quantitative estimate of drug-likeness (QED) is 0.489. The Morgan fingerprint density at radius 1 is 1.15 bits per heavy atom. The first kappa shape index (κ1) is 14.8. The van der Waals surface area contributed by atoms with Crippen molar-refractivity contribution in [1.29, 1.82) is 0 Å². The molecule has 0 aliphatic heterocycles. The molecule has 0 unspecified atom stereocenters. The highest BCUT2D eigenvalue weighted by atomic mass is 32.1. The van der Waals surface area contributed by atoms with Crippen LogP contribution in [0.3, 0.4) is 0 Å². The molecule has 0 rings (SSSR count). The Balaban J connectivity index is 0. The van der Waals surface area contributed by atoms with Crippen molar-refractivity contribution in [3.8, 4) is 0 Å². The van der Waals surface area contributed by atoms with E-state index >= 15 is 0 Å². The summed E-state index contributed by atoms with van der Waals surface area (Å²) < 4.78 is 0. The van der Waals surface area contributed by atoms with E-state index in [1.807, 2.05) is 0 Å². The maximum atomic E-state index is 10.0. The molecule has 4 nitrogen and oxygen atoms in total. The van der Waals surface area contributed by atoms with Crippen molar-refractivity contribution in [2.75, 3.05) is 0 Å². The third-order valence-electron chi connectivity index (χ3n) is 0.727. The number of rotatable bonds is 4. The Morgan fingerprint density at radius 2 is 1.38 bits per heavy atom. The van der Waals surface area contributed by atoms with Gasteiger partial charge in [-0.1, -0.05) is 6.58 Å². The maximum Gasteiger partial charge on any atom is 0.327 e. The lowest BCUT2D eigenvalue weighted by molar-refractivity contribution is -0.131. The van der Waals surface area contributed by atoms with Gasteiger partial charge in [-0.3, -0.25) is 9.59 Å². The second kappa shape index (κ2) is 9.34. The normalized spacial score (nSPS) is 7.85. The molecular formula is C7H10O4S2. The van der Waals surface area contributed by atoms with E-state index in [0.29, 0.717) is 0 Å². The average Bonchev–Trinajstić information content (AvgIpc) is 2.02. The molecule has 74 valence electrons. The Labute approximate surface area is 86.8 Å². The molecule has 0 aromatic heterocycles. The monoisotopic (exact) mass is 222 g/mol. The Bertz CT molecular complexity index is 199. The number of carboxylic acid groups (broad SMARTS) is 1. The van der Waals surface area contributed by atoms with Gasteiger partial charge < -0.3 is 5.11 Å². The van der Waals surface area contributed by atoms with Crippen molar-refractivity contribution in [2.45, 2.75) is 12.8 Å². The summed E-state index contributed by atoms with van der Waals surface area (Å²) in [6, 6.07) is 0. The predicted octanol–water partition coefficient (Wildman–Crippen LogP) is 0.936. The van der Waals surface area contributed by atoms with Gasteiger partial charge in [0.15, 0.2) is 10.2 Å². The number of thiol groups is 2. The fraction of sp³-hybridized carbons (Fsp3) is 0.286. The Hall–Kier alpha value is -0.750. The average molecular weight is 222 g/mol. The highest BCUT2D eigenvalue weighted by Gasteiger charge is 1.96. The smallest absolute Gasteiger partial charge is 0.327 e. The van der Waals surface area contributed by atoms with Crippen molar-refractivity contribution >= 4 is 41.5 Å². The molecular weight excluding hydrogens is 212 g/mol. The molecule has 13 heavy (non-hydrogen) atoms.